The fourth-order valence-corrected chi connectivity index (χ4v) is 1.45. The van der Waals surface area contributed by atoms with Gasteiger partial charge in [0.2, 0.25) is 0 Å². The molecule has 0 radical (unpaired) electrons. The van der Waals surface area contributed by atoms with Gasteiger partial charge in [-0.05, 0) is 18.2 Å². The predicted octanol–water partition coefficient (Wildman–Crippen LogP) is 0.827. The van der Waals surface area contributed by atoms with Crippen molar-refractivity contribution in [2.45, 2.75) is 0 Å². The molecule has 0 atom stereocenters. The number of hydrogen-bond acceptors (Lipinski definition) is 3. The Kier molecular flexibility index (Phi) is 2.96. The van der Waals surface area contributed by atoms with E-state index in [4.69, 9.17) is 22.0 Å². The summed E-state index contributed by atoms with van der Waals surface area (Å²) in [6.45, 7) is 0. The number of nitrogens with zero attached hydrogens (tertiary/aromatic N) is 1. The van der Waals surface area contributed by atoms with Crippen LogP contribution in [0, 0.1) is 11.3 Å². The molecule has 0 amide bonds. The number of rotatable bonds is 2. The molecule has 0 aliphatic heterocycles. The summed E-state index contributed by atoms with van der Waals surface area (Å²) in [5, 5.41) is 13.6. The summed E-state index contributed by atoms with van der Waals surface area (Å²) in [4.78, 5) is 0. The zero-order chi connectivity index (χ0) is 10.8. The summed E-state index contributed by atoms with van der Waals surface area (Å²) in [5.41, 5.74) is 0.383. The molecule has 74 valence electrons. The van der Waals surface area contributed by atoms with Gasteiger partial charge in [-0.15, -0.1) is 0 Å². The Morgan fingerprint density at radius 3 is 2.64 bits per heavy atom. The van der Waals surface area contributed by atoms with Gasteiger partial charge < -0.3 is 0 Å². The zero-order valence-corrected chi connectivity index (χ0v) is 8.43. The van der Waals surface area contributed by atoms with E-state index < -0.39 is 10.2 Å². The Balaban J connectivity index is 3.09. The molecule has 0 bridgehead atoms. The Bertz CT molecular complexity index is 492. The van der Waals surface area contributed by atoms with Crippen molar-refractivity contribution in [2.24, 2.45) is 5.14 Å². The molecule has 1 rings (SSSR count). The molecule has 7 heteroatoms. The number of halogens is 1. The second kappa shape index (κ2) is 3.84. The van der Waals surface area contributed by atoms with Gasteiger partial charge in [-0.2, -0.15) is 13.7 Å². The quantitative estimate of drug-likeness (QED) is 0.789. The third kappa shape index (κ3) is 2.88. The van der Waals surface area contributed by atoms with Gasteiger partial charge in [0.25, 0.3) is 10.2 Å². The van der Waals surface area contributed by atoms with E-state index in [1.54, 1.807) is 0 Å². The molecule has 1 aromatic rings. The number of nitriles is 1. The van der Waals surface area contributed by atoms with Gasteiger partial charge in [0.1, 0.15) is 6.07 Å². The van der Waals surface area contributed by atoms with Crippen molar-refractivity contribution < 1.29 is 8.42 Å². The summed E-state index contributed by atoms with van der Waals surface area (Å²) in [6.07, 6.45) is 0. The van der Waals surface area contributed by atoms with Crippen molar-refractivity contribution in [1.29, 1.82) is 5.26 Å². The minimum atomic E-state index is -3.82. The van der Waals surface area contributed by atoms with E-state index in [9.17, 15) is 8.42 Å². The monoisotopic (exact) mass is 231 g/mol. The topological polar surface area (TPSA) is 96.0 Å². The second-order valence-electron chi connectivity index (χ2n) is 2.45. The van der Waals surface area contributed by atoms with Crippen LogP contribution in [0.1, 0.15) is 5.56 Å². The normalized spacial score (nSPS) is 10.6. The molecule has 0 saturated heterocycles. The lowest BCUT2D eigenvalue weighted by Gasteiger charge is -2.03. The zero-order valence-electron chi connectivity index (χ0n) is 6.86. The molecule has 0 unspecified atom stereocenters. The molecule has 5 nitrogen and oxygen atoms in total. The summed E-state index contributed by atoms with van der Waals surface area (Å²) in [5.74, 6) is 0. The van der Waals surface area contributed by atoms with Crippen LogP contribution in [0.3, 0.4) is 0 Å². The second-order valence-corrected chi connectivity index (χ2v) is 4.15. The highest BCUT2D eigenvalue weighted by molar-refractivity contribution is 7.90. The molecular weight excluding hydrogens is 226 g/mol. The molecular formula is C7H6ClN3O2S. The Hall–Kier alpha value is -1.29. The molecule has 0 saturated carbocycles. The van der Waals surface area contributed by atoms with E-state index in [0.29, 0.717) is 0 Å². The lowest BCUT2D eigenvalue weighted by Crippen LogP contribution is -2.21. The first-order valence-corrected chi connectivity index (χ1v) is 5.35. The average molecular weight is 232 g/mol. The van der Waals surface area contributed by atoms with Crippen LogP contribution in [0.5, 0.6) is 0 Å². The molecule has 1 aromatic carbocycles. The fourth-order valence-electron chi connectivity index (χ4n) is 0.839. The maximum atomic E-state index is 10.6. The molecule has 14 heavy (non-hydrogen) atoms. The van der Waals surface area contributed by atoms with Crippen LogP contribution in [-0.4, -0.2) is 8.42 Å². The number of hydrogen-bond donors (Lipinski definition) is 2. The largest absolute Gasteiger partial charge is 0.296 e. The third-order valence-corrected chi connectivity index (χ3v) is 2.20. The predicted molar refractivity (Wildman–Crippen MR) is 52.9 cm³/mol. The molecule has 0 aliphatic rings. The SMILES string of the molecule is N#Cc1cc(NS(N)(=O)=O)ccc1Cl. The van der Waals surface area contributed by atoms with Crippen molar-refractivity contribution in [2.75, 3.05) is 4.72 Å². The van der Waals surface area contributed by atoms with Gasteiger partial charge >= 0.3 is 0 Å². The van der Waals surface area contributed by atoms with Crippen LogP contribution >= 0.6 is 11.6 Å². The van der Waals surface area contributed by atoms with E-state index in [0.717, 1.165) is 0 Å². The van der Waals surface area contributed by atoms with Crippen LogP contribution in [0.4, 0.5) is 5.69 Å². The summed E-state index contributed by atoms with van der Waals surface area (Å²) < 4.78 is 23.3. The molecule has 0 heterocycles. The number of anilines is 1. The van der Waals surface area contributed by atoms with Gasteiger partial charge in [-0.3, -0.25) is 4.72 Å². The summed E-state index contributed by atoms with van der Waals surface area (Å²) in [6, 6.07) is 5.93. The van der Waals surface area contributed by atoms with Crippen LogP contribution in [0.2, 0.25) is 5.02 Å². The smallest absolute Gasteiger partial charge is 0.271 e. The molecule has 0 aromatic heterocycles. The highest BCUT2D eigenvalue weighted by atomic mass is 35.5. The average Bonchev–Trinajstić information content (AvgIpc) is 2.06. The maximum absolute atomic E-state index is 10.6. The minimum absolute atomic E-state index is 0.181. The first-order chi connectivity index (χ1) is 6.42. The van der Waals surface area contributed by atoms with Crippen molar-refractivity contribution >= 4 is 27.5 Å². The highest BCUT2D eigenvalue weighted by Crippen LogP contribution is 2.19. The third-order valence-electron chi connectivity index (χ3n) is 1.35. The lowest BCUT2D eigenvalue weighted by molar-refractivity contribution is 0.603. The standard InChI is InChI=1S/C7H6ClN3O2S/c8-7-2-1-6(3-5(7)4-9)11-14(10,12)13/h1-3,11H,(H2,10,12,13). The van der Waals surface area contributed by atoms with Gasteiger partial charge in [-0.1, -0.05) is 11.6 Å². The van der Waals surface area contributed by atoms with E-state index in [1.165, 1.54) is 18.2 Å². The first kappa shape index (κ1) is 10.8. The van der Waals surface area contributed by atoms with Gasteiger partial charge in [-0.25, -0.2) is 5.14 Å². The van der Waals surface area contributed by atoms with Gasteiger partial charge in [0.05, 0.1) is 16.3 Å². The van der Waals surface area contributed by atoms with Crippen molar-refractivity contribution in [3.63, 3.8) is 0 Å². The van der Waals surface area contributed by atoms with Gasteiger partial charge in [0, 0.05) is 0 Å². The molecule has 0 aliphatic carbocycles. The Labute approximate surface area is 86.3 Å². The minimum Gasteiger partial charge on any atom is -0.271 e. The fraction of sp³-hybridized carbons (Fsp3) is 0. The van der Waals surface area contributed by atoms with E-state index in [1.807, 2.05) is 10.8 Å². The number of nitrogens with one attached hydrogen (secondary N) is 1. The summed E-state index contributed by atoms with van der Waals surface area (Å²) in [7, 11) is -3.82. The molecule has 3 N–H and O–H groups in total. The van der Waals surface area contributed by atoms with E-state index in [2.05, 4.69) is 0 Å². The Morgan fingerprint density at radius 1 is 1.50 bits per heavy atom. The van der Waals surface area contributed by atoms with E-state index >= 15 is 0 Å². The van der Waals surface area contributed by atoms with Crippen LogP contribution in [-0.2, 0) is 10.2 Å². The number of nitrogens with two attached hydrogens (primary N) is 1. The van der Waals surface area contributed by atoms with Crippen LogP contribution in [0.15, 0.2) is 18.2 Å². The number of benzene rings is 1. The lowest BCUT2D eigenvalue weighted by atomic mass is 10.2. The van der Waals surface area contributed by atoms with E-state index in [-0.39, 0.29) is 16.3 Å². The van der Waals surface area contributed by atoms with Crippen molar-refractivity contribution in [1.82, 2.24) is 0 Å². The molecule has 0 spiro atoms. The van der Waals surface area contributed by atoms with Crippen LogP contribution in [0.25, 0.3) is 0 Å². The summed E-state index contributed by atoms with van der Waals surface area (Å²) >= 11 is 5.64. The van der Waals surface area contributed by atoms with Crippen molar-refractivity contribution in [3.8, 4) is 6.07 Å². The Morgan fingerprint density at radius 2 is 2.14 bits per heavy atom. The van der Waals surface area contributed by atoms with Gasteiger partial charge in [0.15, 0.2) is 0 Å². The van der Waals surface area contributed by atoms with Crippen molar-refractivity contribution in [3.05, 3.63) is 28.8 Å². The first-order valence-electron chi connectivity index (χ1n) is 3.42. The molecule has 0 fully saturated rings. The van der Waals surface area contributed by atoms with Crippen LogP contribution < -0.4 is 9.86 Å². The maximum Gasteiger partial charge on any atom is 0.296 e. The highest BCUT2D eigenvalue weighted by Gasteiger charge is 2.05.